The molecule has 0 fully saturated rings. The summed E-state index contributed by atoms with van der Waals surface area (Å²) < 4.78 is 18.4. The lowest BCUT2D eigenvalue weighted by atomic mass is 9.98. The molecular weight excluding hydrogens is 798 g/mol. The predicted octanol–water partition coefficient (Wildman–Crippen LogP) is 6.85. The molecule has 0 spiro atoms. The molecule has 0 aliphatic rings. The van der Waals surface area contributed by atoms with Crippen molar-refractivity contribution in [3.63, 3.8) is 0 Å². The molecule has 2 N–H and O–H groups in total. The molecule has 1 rings (SSSR count). The van der Waals surface area contributed by atoms with Crippen LogP contribution in [0.2, 0.25) is 0 Å². The topological polar surface area (TPSA) is 66.8 Å². The van der Waals surface area contributed by atoms with Gasteiger partial charge in [0.25, 0.3) is 0 Å². The highest BCUT2D eigenvalue weighted by Gasteiger charge is 2.28. The average Bonchev–Trinajstić information content (AvgIpc) is 2.51. The molecule has 0 saturated carbocycles. The summed E-state index contributed by atoms with van der Waals surface area (Å²) in [5.41, 5.74) is 1.65. The highest BCUT2D eigenvalue weighted by molar-refractivity contribution is 9.14. The zero-order valence-electron chi connectivity index (χ0n) is 11.8. The van der Waals surface area contributed by atoms with E-state index in [-0.39, 0.29) is 15.4 Å². The van der Waals surface area contributed by atoms with Crippen LogP contribution < -0.4 is 4.52 Å². The molecule has 2 atom stereocenters. The highest BCUT2D eigenvalue weighted by Crippen LogP contribution is 2.50. The van der Waals surface area contributed by atoms with E-state index in [0.717, 1.165) is 20.9 Å². The van der Waals surface area contributed by atoms with E-state index in [1.165, 1.54) is 0 Å². The first kappa shape index (κ1) is 24.6. The van der Waals surface area contributed by atoms with Gasteiger partial charge in [-0.1, -0.05) is 63.7 Å². The Hall–Kier alpha value is 2.53. The normalized spacial score (nSPS) is 14.5. The van der Waals surface area contributed by atoms with Crippen LogP contribution in [-0.4, -0.2) is 30.1 Å². The molecular formula is C12H12Br7O4P. The molecule has 24 heavy (non-hydrogen) atoms. The van der Waals surface area contributed by atoms with E-state index >= 15 is 0 Å². The van der Waals surface area contributed by atoms with Crippen LogP contribution in [0, 0.1) is 0 Å². The molecule has 2 unspecified atom stereocenters. The van der Waals surface area contributed by atoms with E-state index < -0.39 is 7.82 Å². The number of hydrogen-bond acceptors (Lipinski definition) is 2. The molecule has 0 saturated heterocycles. The molecule has 1 aromatic carbocycles. The van der Waals surface area contributed by atoms with Gasteiger partial charge in [0.1, 0.15) is 5.75 Å². The van der Waals surface area contributed by atoms with Crippen molar-refractivity contribution >= 4 is 119 Å². The first-order valence-corrected chi connectivity index (χ1v) is 14.3. The van der Waals surface area contributed by atoms with E-state index in [1.54, 1.807) is 0 Å². The van der Waals surface area contributed by atoms with Crippen LogP contribution in [0.3, 0.4) is 0 Å². The minimum atomic E-state index is -4.70. The van der Waals surface area contributed by atoms with Crippen molar-refractivity contribution in [3.8, 4) is 5.75 Å². The Bertz CT molecular complexity index is 637. The number of halogens is 7. The first-order valence-electron chi connectivity index (χ1n) is 6.35. The van der Waals surface area contributed by atoms with Crippen LogP contribution >= 0.6 is 119 Å². The molecule has 0 aliphatic heterocycles. The van der Waals surface area contributed by atoms with Gasteiger partial charge in [-0.15, -0.1) is 0 Å². The van der Waals surface area contributed by atoms with E-state index in [9.17, 15) is 14.4 Å². The van der Waals surface area contributed by atoms with Crippen molar-refractivity contribution in [2.75, 3.05) is 10.7 Å². The number of phosphoric acid groups is 1. The summed E-state index contributed by atoms with van der Waals surface area (Å²) in [5, 5.41) is 1.42. The fourth-order valence-electron chi connectivity index (χ4n) is 1.93. The van der Waals surface area contributed by atoms with Gasteiger partial charge in [-0.05, 0) is 66.2 Å². The fourth-order valence-corrected chi connectivity index (χ4v) is 5.40. The Morgan fingerprint density at radius 3 is 1.75 bits per heavy atom. The van der Waals surface area contributed by atoms with E-state index in [2.05, 4.69) is 112 Å². The van der Waals surface area contributed by atoms with Crippen molar-refractivity contribution in [2.24, 2.45) is 0 Å². The minimum Gasteiger partial charge on any atom is -0.403 e. The van der Waals surface area contributed by atoms with Crippen LogP contribution in [0.1, 0.15) is 11.1 Å². The van der Waals surface area contributed by atoms with Crippen LogP contribution in [-0.2, 0) is 17.4 Å². The Kier molecular flexibility index (Phi) is 11.2. The van der Waals surface area contributed by atoms with Gasteiger partial charge in [0.15, 0.2) is 0 Å². The highest BCUT2D eigenvalue weighted by atomic mass is 79.9. The van der Waals surface area contributed by atoms with Crippen molar-refractivity contribution in [3.05, 3.63) is 24.5 Å². The molecule has 138 valence electrons. The summed E-state index contributed by atoms with van der Waals surface area (Å²) in [6.45, 7) is 0. The van der Waals surface area contributed by atoms with Gasteiger partial charge in [0, 0.05) is 34.8 Å². The van der Waals surface area contributed by atoms with E-state index in [4.69, 9.17) is 4.52 Å². The van der Waals surface area contributed by atoms with Gasteiger partial charge in [0.05, 0.1) is 4.47 Å². The van der Waals surface area contributed by atoms with Gasteiger partial charge < -0.3 is 4.52 Å². The molecule has 0 bridgehead atoms. The second-order valence-electron chi connectivity index (χ2n) is 4.72. The summed E-state index contributed by atoms with van der Waals surface area (Å²) in [7, 11) is -4.70. The molecule has 0 aromatic heterocycles. The Balaban J connectivity index is 3.61. The molecule has 0 radical (unpaired) electrons. The molecule has 0 aliphatic carbocycles. The number of hydrogen-bond donors (Lipinski definition) is 2. The number of benzene rings is 1. The second kappa shape index (κ2) is 10.9. The molecule has 12 heteroatoms. The SMILES string of the molecule is O=P(O)(O)Oc1c(Br)c(Br)c(Br)c(CC(Br)CBr)c1CC(Br)CBr. The average molecular weight is 811 g/mol. The predicted molar refractivity (Wildman–Crippen MR) is 123 cm³/mol. The molecule has 0 heterocycles. The number of phosphoric ester groups is 1. The standard InChI is InChI=1S/C12H12Br7O4P/c13-3-5(15)1-7-8(2-6(16)4-14)12(23-24(20,21)22)11(19)10(18)9(7)17/h5-6H,1-4H2,(H2,20,21,22). The van der Waals surface area contributed by atoms with Gasteiger partial charge in [-0.2, -0.15) is 0 Å². The number of alkyl halides is 4. The third-order valence-electron chi connectivity index (χ3n) is 2.88. The zero-order valence-corrected chi connectivity index (χ0v) is 23.8. The van der Waals surface area contributed by atoms with Crippen molar-refractivity contribution in [1.29, 1.82) is 0 Å². The maximum Gasteiger partial charge on any atom is 0.524 e. The Morgan fingerprint density at radius 2 is 1.33 bits per heavy atom. The third-order valence-corrected chi connectivity index (χ3v) is 11.4. The number of rotatable bonds is 8. The smallest absolute Gasteiger partial charge is 0.403 e. The Morgan fingerprint density at radius 1 is 0.875 bits per heavy atom. The van der Waals surface area contributed by atoms with Crippen LogP contribution in [0.25, 0.3) is 0 Å². The van der Waals surface area contributed by atoms with E-state index in [0.29, 0.717) is 27.1 Å². The fraction of sp³-hybridized carbons (Fsp3) is 0.500. The summed E-state index contributed by atoms with van der Waals surface area (Å²) in [6, 6.07) is 0. The largest absolute Gasteiger partial charge is 0.524 e. The van der Waals surface area contributed by atoms with Crippen LogP contribution in [0.4, 0.5) is 0 Å². The van der Waals surface area contributed by atoms with E-state index in [1.807, 2.05) is 0 Å². The summed E-state index contributed by atoms with van der Waals surface area (Å²) in [4.78, 5) is 18.8. The summed E-state index contributed by atoms with van der Waals surface area (Å²) in [6.07, 6.45) is 1.18. The Labute approximate surface area is 199 Å². The first-order chi connectivity index (χ1) is 11.0. The van der Waals surface area contributed by atoms with Gasteiger partial charge in [-0.25, -0.2) is 4.57 Å². The summed E-state index contributed by atoms with van der Waals surface area (Å²) in [5.74, 6) is 0.146. The molecule has 1 aromatic rings. The third kappa shape index (κ3) is 7.17. The van der Waals surface area contributed by atoms with Gasteiger partial charge in [-0.3, -0.25) is 9.79 Å². The maximum absolute atomic E-state index is 11.4. The summed E-state index contributed by atoms with van der Waals surface area (Å²) >= 11 is 24.4. The van der Waals surface area contributed by atoms with Crippen LogP contribution in [0.5, 0.6) is 5.75 Å². The quantitative estimate of drug-likeness (QED) is 0.172. The zero-order chi connectivity index (χ0) is 18.7. The lowest BCUT2D eigenvalue weighted by Gasteiger charge is -2.22. The van der Waals surface area contributed by atoms with Crippen LogP contribution in [0.15, 0.2) is 13.4 Å². The molecule has 0 amide bonds. The molecule has 4 nitrogen and oxygen atoms in total. The second-order valence-corrected chi connectivity index (χ2v) is 12.1. The lowest BCUT2D eigenvalue weighted by molar-refractivity contribution is 0.281. The lowest BCUT2D eigenvalue weighted by Crippen LogP contribution is -2.13. The minimum absolute atomic E-state index is 0.0769. The van der Waals surface area contributed by atoms with Crippen molar-refractivity contribution in [2.45, 2.75) is 22.5 Å². The van der Waals surface area contributed by atoms with Gasteiger partial charge >= 0.3 is 7.82 Å². The monoisotopic (exact) mass is 803 g/mol. The van der Waals surface area contributed by atoms with Crippen molar-refractivity contribution < 1.29 is 18.9 Å². The van der Waals surface area contributed by atoms with Crippen molar-refractivity contribution in [1.82, 2.24) is 0 Å². The maximum atomic E-state index is 11.4. The van der Waals surface area contributed by atoms with Gasteiger partial charge in [0.2, 0.25) is 0 Å².